The van der Waals surface area contributed by atoms with Crippen molar-refractivity contribution in [1.82, 2.24) is 10.3 Å². The van der Waals surface area contributed by atoms with Crippen LogP contribution in [0.3, 0.4) is 0 Å². The summed E-state index contributed by atoms with van der Waals surface area (Å²) in [7, 11) is 1.66. The highest BCUT2D eigenvalue weighted by atomic mass is 15.5. The van der Waals surface area contributed by atoms with E-state index >= 15 is 0 Å². The number of hydrazine groups is 1. The molecule has 0 bridgehead atoms. The lowest BCUT2D eigenvalue weighted by Crippen LogP contribution is -2.48. The summed E-state index contributed by atoms with van der Waals surface area (Å²) in [6.45, 7) is 0. The van der Waals surface area contributed by atoms with Crippen LogP contribution in [-0.2, 0) is 0 Å². The fourth-order valence-corrected chi connectivity index (χ4v) is 1.56. The van der Waals surface area contributed by atoms with Gasteiger partial charge < -0.3 is 11.1 Å². The van der Waals surface area contributed by atoms with Gasteiger partial charge in [-0.05, 0) is 25.7 Å². The largest absolute Gasteiger partial charge is 0.353 e. The van der Waals surface area contributed by atoms with E-state index in [0.29, 0.717) is 12.1 Å². The molecule has 0 heterocycles. The zero-order valence-electron chi connectivity index (χ0n) is 8.09. The summed E-state index contributed by atoms with van der Waals surface area (Å²) in [5, 5.41) is 11.8. The monoisotopic (exact) mass is 185 g/mol. The normalized spacial score (nSPS) is 28.2. The van der Waals surface area contributed by atoms with Crippen molar-refractivity contribution in [3.8, 4) is 0 Å². The van der Waals surface area contributed by atoms with Gasteiger partial charge in [0.1, 0.15) is 0 Å². The van der Waals surface area contributed by atoms with E-state index in [1.54, 1.807) is 7.05 Å². The summed E-state index contributed by atoms with van der Waals surface area (Å²) >= 11 is 0. The molecule has 0 spiro atoms. The maximum Gasteiger partial charge on any atom is 0.205 e. The molecule has 0 atom stereocenters. The first-order valence-corrected chi connectivity index (χ1v) is 4.68. The molecule has 1 rings (SSSR count). The highest BCUT2D eigenvalue weighted by molar-refractivity contribution is 5.75. The Labute approximate surface area is 78.9 Å². The van der Waals surface area contributed by atoms with Crippen molar-refractivity contribution in [2.24, 2.45) is 11.6 Å². The number of guanidine groups is 1. The number of rotatable bonds is 1. The fraction of sp³-hybridized carbons (Fsp3) is 0.875. The Hall–Kier alpha value is -0.810. The number of hydrogen-bond acceptors (Lipinski definition) is 3. The van der Waals surface area contributed by atoms with Crippen LogP contribution in [0.1, 0.15) is 25.7 Å². The molecule has 5 heteroatoms. The average molecular weight is 185 g/mol. The number of nitrogens with one attached hydrogen (secondary N) is 2. The lowest BCUT2D eigenvalue weighted by atomic mass is 9.92. The van der Waals surface area contributed by atoms with Crippen LogP contribution in [0.15, 0.2) is 0 Å². The molecule has 0 aromatic rings. The SMILES string of the molecule is CN(N)C(=N)N[C@H]1CC[C@@H](N)CC1. The van der Waals surface area contributed by atoms with E-state index in [9.17, 15) is 0 Å². The van der Waals surface area contributed by atoms with Gasteiger partial charge in [0.25, 0.3) is 0 Å². The second-order valence-electron chi connectivity index (χ2n) is 3.72. The third kappa shape index (κ3) is 3.20. The Morgan fingerprint density at radius 3 is 2.38 bits per heavy atom. The van der Waals surface area contributed by atoms with Crippen LogP contribution in [0.25, 0.3) is 0 Å². The first kappa shape index (κ1) is 10.3. The highest BCUT2D eigenvalue weighted by Gasteiger charge is 2.19. The van der Waals surface area contributed by atoms with Crippen molar-refractivity contribution in [2.45, 2.75) is 37.8 Å². The predicted molar refractivity (Wildman–Crippen MR) is 53.0 cm³/mol. The molecule has 1 saturated carbocycles. The van der Waals surface area contributed by atoms with E-state index in [-0.39, 0.29) is 5.96 Å². The third-order valence-corrected chi connectivity index (χ3v) is 2.47. The zero-order chi connectivity index (χ0) is 9.84. The molecule has 0 aliphatic heterocycles. The molecular formula is C8H19N5. The quantitative estimate of drug-likeness (QED) is 0.193. The Balaban J connectivity index is 2.26. The van der Waals surface area contributed by atoms with Gasteiger partial charge in [0.05, 0.1) is 0 Å². The molecule has 1 aliphatic carbocycles. The van der Waals surface area contributed by atoms with Crippen molar-refractivity contribution in [3.05, 3.63) is 0 Å². The van der Waals surface area contributed by atoms with Gasteiger partial charge in [0.2, 0.25) is 5.96 Å². The Morgan fingerprint density at radius 1 is 1.38 bits per heavy atom. The molecule has 5 nitrogen and oxygen atoms in total. The summed E-state index contributed by atoms with van der Waals surface area (Å²) in [5.41, 5.74) is 5.77. The van der Waals surface area contributed by atoms with Gasteiger partial charge in [-0.25, -0.2) is 5.84 Å². The minimum atomic E-state index is 0.278. The topological polar surface area (TPSA) is 91.2 Å². The standard InChI is InChI=1S/C8H19N5/c1-13(11)8(10)12-7-4-2-6(9)3-5-7/h6-7H,2-5,9,11H2,1H3,(H2,10,12)/t6-,7+. The van der Waals surface area contributed by atoms with E-state index in [4.69, 9.17) is 17.0 Å². The number of nitrogens with two attached hydrogens (primary N) is 2. The molecule has 0 amide bonds. The van der Waals surface area contributed by atoms with E-state index in [1.165, 1.54) is 5.01 Å². The van der Waals surface area contributed by atoms with E-state index in [2.05, 4.69) is 5.32 Å². The van der Waals surface area contributed by atoms with Gasteiger partial charge in [0, 0.05) is 19.1 Å². The molecule has 6 N–H and O–H groups in total. The maximum atomic E-state index is 7.49. The van der Waals surface area contributed by atoms with Crippen LogP contribution in [0.4, 0.5) is 0 Å². The highest BCUT2D eigenvalue weighted by Crippen LogP contribution is 2.16. The molecule has 1 aliphatic rings. The van der Waals surface area contributed by atoms with Gasteiger partial charge in [-0.15, -0.1) is 0 Å². The minimum Gasteiger partial charge on any atom is -0.353 e. The van der Waals surface area contributed by atoms with Crippen LogP contribution < -0.4 is 16.9 Å². The summed E-state index contributed by atoms with van der Waals surface area (Å²) in [6.07, 6.45) is 4.16. The predicted octanol–water partition coefficient (Wildman–Crippen LogP) is -0.414. The molecule has 76 valence electrons. The summed E-state index contributed by atoms with van der Waals surface area (Å²) in [6, 6.07) is 0.723. The zero-order valence-corrected chi connectivity index (χ0v) is 8.09. The molecule has 0 aromatic carbocycles. The smallest absolute Gasteiger partial charge is 0.205 e. The molecule has 0 radical (unpaired) electrons. The van der Waals surface area contributed by atoms with Crippen LogP contribution in [0.5, 0.6) is 0 Å². The van der Waals surface area contributed by atoms with Gasteiger partial charge >= 0.3 is 0 Å². The molecule has 1 fully saturated rings. The van der Waals surface area contributed by atoms with Crippen LogP contribution in [0, 0.1) is 5.41 Å². The van der Waals surface area contributed by atoms with Crippen molar-refractivity contribution in [3.63, 3.8) is 0 Å². The number of hydrogen-bond donors (Lipinski definition) is 4. The molecule has 0 aromatic heterocycles. The van der Waals surface area contributed by atoms with Crippen molar-refractivity contribution in [1.29, 1.82) is 5.41 Å². The van der Waals surface area contributed by atoms with E-state index < -0.39 is 0 Å². The summed E-state index contributed by atoms with van der Waals surface area (Å²) in [4.78, 5) is 0. The van der Waals surface area contributed by atoms with Crippen LogP contribution >= 0.6 is 0 Å². The first-order valence-electron chi connectivity index (χ1n) is 4.68. The first-order chi connectivity index (χ1) is 6.09. The average Bonchev–Trinajstić information content (AvgIpc) is 2.08. The van der Waals surface area contributed by atoms with Gasteiger partial charge in [-0.1, -0.05) is 0 Å². The van der Waals surface area contributed by atoms with Crippen molar-refractivity contribution < 1.29 is 0 Å². The second kappa shape index (κ2) is 4.43. The minimum absolute atomic E-state index is 0.278. The van der Waals surface area contributed by atoms with Crippen molar-refractivity contribution >= 4 is 5.96 Å². The van der Waals surface area contributed by atoms with Gasteiger partial charge in [0.15, 0.2) is 0 Å². The molecule has 0 saturated heterocycles. The lowest BCUT2D eigenvalue weighted by Gasteiger charge is -2.28. The second-order valence-corrected chi connectivity index (χ2v) is 3.72. The Kier molecular flexibility index (Phi) is 3.50. The molecule has 0 unspecified atom stereocenters. The fourth-order valence-electron chi connectivity index (χ4n) is 1.56. The lowest BCUT2D eigenvalue weighted by molar-refractivity contribution is 0.359. The summed E-state index contributed by atoms with van der Waals surface area (Å²) in [5.74, 6) is 5.68. The Morgan fingerprint density at radius 2 is 1.92 bits per heavy atom. The van der Waals surface area contributed by atoms with Crippen LogP contribution in [-0.4, -0.2) is 30.1 Å². The van der Waals surface area contributed by atoms with E-state index in [0.717, 1.165) is 25.7 Å². The maximum absolute atomic E-state index is 7.49. The molecule has 13 heavy (non-hydrogen) atoms. The third-order valence-electron chi connectivity index (χ3n) is 2.47. The van der Waals surface area contributed by atoms with Gasteiger partial charge in [-0.3, -0.25) is 10.4 Å². The van der Waals surface area contributed by atoms with Crippen molar-refractivity contribution in [2.75, 3.05) is 7.05 Å². The van der Waals surface area contributed by atoms with Gasteiger partial charge in [-0.2, -0.15) is 0 Å². The number of nitrogens with zero attached hydrogens (tertiary/aromatic N) is 1. The molecular weight excluding hydrogens is 166 g/mol. The summed E-state index contributed by atoms with van der Waals surface area (Å²) < 4.78 is 0. The van der Waals surface area contributed by atoms with Crippen LogP contribution in [0.2, 0.25) is 0 Å². The van der Waals surface area contributed by atoms with E-state index in [1.807, 2.05) is 0 Å². The Bertz CT molecular complexity index is 171.